The van der Waals surface area contributed by atoms with Gasteiger partial charge in [-0.15, -0.1) is 0 Å². The number of esters is 5. The molecule has 1 saturated heterocycles. The minimum Gasteiger partial charge on any atom is -0.422 e. The Labute approximate surface area is 278 Å². The molecule has 4 aromatic rings. The van der Waals surface area contributed by atoms with Crippen LogP contribution in [0.4, 0.5) is 0 Å². The van der Waals surface area contributed by atoms with Gasteiger partial charge in [-0.2, -0.15) is 4.98 Å². The zero-order valence-electron chi connectivity index (χ0n) is 25.6. The molecule has 0 radical (unpaired) electrons. The van der Waals surface area contributed by atoms with Crippen molar-refractivity contribution < 1.29 is 47.4 Å². The van der Waals surface area contributed by atoms with E-state index < -0.39 is 46.9 Å². The minimum atomic E-state index is -1.26. The molecule has 14 heteroatoms. The second-order valence-electron chi connectivity index (χ2n) is 11.1. The van der Waals surface area contributed by atoms with Crippen LogP contribution in [0.5, 0.6) is 17.2 Å². The molecule has 0 aliphatic carbocycles. The van der Waals surface area contributed by atoms with Crippen molar-refractivity contribution in [2.24, 2.45) is 0 Å². The van der Waals surface area contributed by atoms with Crippen LogP contribution in [0, 0.1) is 0 Å². The van der Waals surface area contributed by atoms with Crippen molar-refractivity contribution in [3.05, 3.63) is 114 Å². The van der Waals surface area contributed by atoms with Gasteiger partial charge in [-0.05, 0) is 11.1 Å². The fourth-order valence-electron chi connectivity index (χ4n) is 5.80. The van der Waals surface area contributed by atoms with Crippen LogP contribution in [0.3, 0.4) is 0 Å². The molecule has 0 atom stereocenters. The van der Waals surface area contributed by atoms with Gasteiger partial charge in [0, 0.05) is 56.5 Å². The van der Waals surface area contributed by atoms with Crippen molar-refractivity contribution in [2.75, 3.05) is 26.2 Å². The number of piperazine rings is 1. The van der Waals surface area contributed by atoms with Crippen LogP contribution in [-0.2, 0) is 30.5 Å². The SMILES string of the molecule is O=C1/C=C\C(=O)Oc2c(cc3c(-c4noc(CN5CCN(C(c6ccccc6)c6ccccc6)CC5)n4)c2OC(=O)/C=C\C(=O)O3)C(=O)O1. The molecular formula is C35H26N4O10. The molecule has 0 unspecified atom stereocenters. The zero-order chi connectivity index (χ0) is 33.9. The smallest absolute Gasteiger partial charge is 0.350 e. The van der Waals surface area contributed by atoms with E-state index in [4.69, 9.17) is 23.5 Å². The maximum Gasteiger partial charge on any atom is 0.350 e. The van der Waals surface area contributed by atoms with Crippen LogP contribution >= 0.6 is 0 Å². The Balaban J connectivity index is 1.17. The van der Waals surface area contributed by atoms with E-state index in [0.717, 1.165) is 37.4 Å². The molecule has 14 nitrogen and oxygen atoms in total. The normalized spacial score (nSPS) is 18.3. The number of carbonyl (C=O) groups is 5. The monoisotopic (exact) mass is 662 g/mol. The van der Waals surface area contributed by atoms with Gasteiger partial charge in [-0.25, -0.2) is 24.0 Å². The van der Waals surface area contributed by atoms with Crippen LogP contribution < -0.4 is 14.2 Å². The van der Waals surface area contributed by atoms with Crippen LogP contribution in [0.15, 0.2) is 95.6 Å². The molecule has 1 fully saturated rings. The third kappa shape index (κ3) is 6.76. The molecule has 49 heavy (non-hydrogen) atoms. The van der Waals surface area contributed by atoms with Gasteiger partial charge in [0.05, 0.1) is 12.6 Å². The van der Waals surface area contributed by atoms with Crippen molar-refractivity contribution in [3.63, 3.8) is 0 Å². The highest BCUT2D eigenvalue weighted by Crippen LogP contribution is 2.47. The van der Waals surface area contributed by atoms with Gasteiger partial charge < -0.3 is 23.5 Å². The van der Waals surface area contributed by atoms with Crippen LogP contribution in [0.25, 0.3) is 11.4 Å². The second-order valence-corrected chi connectivity index (χ2v) is 11.1. The molecule has 0 saturated carbocycles. The van der Waals surface area contributed by atoms with E-state index in [1.165, 1.54) is 11.1 Å². The first kappa shape index (κ1) is 31.4. The Morgan fingerprint density at radius 3 is 1.82 bits per heavy atom. The van der Waals surface area contributed by atoms with Crippen molar-refractivity contribution in [1.82, 2.24) is 19.9 Å². The topological polar surface area (TPSA) is 168 Å². The quantitative estimate of drug-likeness (QED) is 0.168. The molecule has 7 rings (SSSR count). The van der Waals surface area contributed by atoms with Gasteiger partial charge in [0.15, 0.2) is 11.5 Å². The summed E-state index contributed by atoms with van der Waals surface area (Å²) in [5.41, 5.74) is 1.65. The molecule has 4 heterocycles. The highest BCUT2D eigenvalue weighted by Gasteiger charge is 2.35. The Hall–Kier alpha value is -6.25. The molecule has 1 aromatic heterocycles. The van der Waals surface area contributed by atoms with Crippen molar-refractivity contribution >= 4 is 29.8 Å². The van der Waals surface area contributed by atoms with E-state index in [2.05, 4.69) is 44.2 Å². The summed E-state index contributed by atoms with van der Waals surface area (Å²) in [6, 6.07) is 21.7. The first-order valence-corrected chi connectivity index (χ1v) is 15.2. The number of benzene rings is 3. The number of ether oxygens (including phenoxy) is 4. The van der Waals surface area contributed by atoms with E-state index in [9.17, 15) is 24.0 Å². The van der Waals surface area contributed by atoms with Crippen molar-refractivity contribution in [1.29, 1.82) is 0 Å². The van der Waals surface area contributed by atoms with E-state index in [1.54, 1.807) is 0 Å². The molecule has 3 aromatic carbocycles. The van der Waals surface area contributed by atoms with E-state index in [1.807, 2.05) is 36.4 Å². The fraction of sp³-hybridized carbons (Fsp3) is 0.171. The van der Waals surface area contributed by atoms with Crippen LogP contribution in [0.1, 0.15) is 33.4 Å². The largest absolute Gasteiger partial charge is 0.422 e. The number of hydrogen-bond acceptors (Lipinski definition) is 14. The van der Waals surface area contributed by atoms with Crippen LogP contribution in [0.2, 0.25) is 0 Å². The van der Waals surface area contributed by atoms with Gasteiger partial charge in [-0.1, -0.05) is 65.8 Å². The first-order chi connectivity index (χ1) is 23.8. The summed E-state index contributed by atoms with van der Waals surface area (Å²) in [6.45, 7) is 3.16. The number of nitrogens with zero attached hydrogens (tertiary/aromatic N) is 4. The lowest BCUT2D eigenvalue weighted by Crippen LogP contribution is -2.47. The molecule has 3 aliphatic rings. The number of fused-ring (bicyclic) bond motifs is 4. The second kappa shape index (κ2) is 13.5. The predicted molar refractivity (Wildman–Crippen MR) is 167 cm³/mol. The van der Waals surface area contributed by atoms with Crippen molar-refractivity contribution in [2.45, 2.75) is 12.6 Å². The molecular weight excluding hydrogens is 636 g/mol. The Bertz CT molecular complexity index is 1970. The third-order valence-electron chi connectivity index (χ3n) is 7.99. The summed E-state index contributed by atoms with van der Waals surface area (Å²) >= 11 is 0. The molecule has 2 bridgehead atoms. The summed E-state index contributed by atoms with van der Waals surface area (Å²) in [6.07, 6.45) is 3.02. The summed E-state index contributed by atoms with van der Waals surface area (Å²) < 4.78 is 26.5. The Kier molecular flexibility index (Phi) is 8.62. The molecule has 0 spiro atoms. The molecule has 0 amide bonds. The summed E-state index contributed by atoms with van der Waals surface area (Å²) in [5.74, 6) is -7.01. The maximum absolute atomic E-state index is 12.9. The minimum absolute atomic E-state index is 0.0840. The standard InChI is InChI=1S/C35H26N4O10/c40-26-11-12-28(42)47-33-30(24(45-26)19-23-32(33)46-27(41)13-14-29(43)48-35(23)44)34-36-25(49-37-34)20-38-15-17-39(18-16-38)31(21-7-3-1-4-8-21)22-9-5-2-6-10-22/h1-14,19,31H,15-18,20H2/b12-11-,14-13-. The highest BCUT2D eigenvalue weighted by atomic mass is 16.6. The highest BCUT2D eigenvalue weighted by molar-refractivity contribution is 6.08. The number of rotatable bonds is 6. The zero-order valence-corrected chi connectivity index (χ0v) is 25.6. The summed E-state index contributed by atoms with van der Waals surface area (Å²) in [5, 5.41) is 4.04. The lowest BCUT2D eigenvalue weighted by Gasteiger charge is -2.39. The average molecular weight is 663 g/mol. The molecule has 246 valence electrons. The average Bonchev–Trinajstić information content (AvgIpc) is 3.58. The lowest BCUT2D eigenvalue weighted by atomic mass is 9.96. The van der Waals surface area contributed by atoms with Crippen molar-refractivity contribution in [3.8, 4) is 28.6 Å². The van der Waals surface area contributed by atoms with Gasteiger partial charge in [0.2, 0.25) is 11.7 Å². The number of carbonyl (C=O) groups excluding carboxylic acids is 5. The Morgan fingerprint density at radius 2 is 1.20 bits per heavy atom. The van der Waals surface area contributed by atoms with E-state index >= 15 is 0 Å². The lowest BCUT2D eigenvalue weighted by molar-refractivity contribution is -0.133. The molecule has 3 aliphatic heterocycles. The van der Waals surface area contributed by atoms with Gasteiger partial charge in [0.1, 0.15) is 16.9 Å². The van der Waals surface area contributed by atoms with Gasteiger partial charge >= 0.3 is 29.8 Å². The number of aromatic nitrogens is 2. The van der Waals surface area contributed by atoms with E-state index in [-0.39, 0.29) is 35.6 Å². The third-order valence-corrected chi connectivity index (χ3v) is 7.99. The number of cyclic esters (lactones) is 2. The molecule has 0 N–H and O–H groups in total. The predicted octanol–water partition coefficient (Wildman–Crippen LogP) is 3.18. The van der Waals surface area contributed by atoms with Crippen LogP contribution in [-0.4, -0.2) is 76.0 Å². The van der Waals surface area contributed by atoms with Gasteiger partial charge in [-0.3, -0.25) is 9.80 Å². The maximum atomic E-state index is 12.9. The fourth-order valence-corrected chi connectivity index (χ4v) is 5.80. The van der Waals surface area contributed by atoms with Gasteiger partial charge in [0.25, 0.3) is 0 Å². The first-order valence-electron chi connectivity index (χ1n) is 15.2. The Morgan fingerprint density at radius 1 is 0.653 bits per heavy atom. The summed E-state index contributed by atoms with van der Waals surface area (Å²) in [7, 11) is 0. The van der Waals surface area contributed by atoms with E-state index in [0.29, 0.717) is 19.2 Å². The number of hydrogen-bond donors (Lipinski definition) is 0. The summed E-state index contributed by atoms with van der Waals surface area (Å²) in [4.78, 5) is 71.6.